The quantitative estimate of drug-likeness (QED) is 0.403. The third-order valence-electron chi connectivity index (χ3n) is 7.18. The standard InChI is InChI=1S/C25H27FN4O4/c26-20-3-6-22-23(15-20)34-27-24(22)18-9-11-28(12-10-18)16-17-7-13-29(14-8-17)25(31)19-1-4-21(5-2-19)30(32)33/h1-6,15,17-18H,7-14,16H2. The molecule has 9 heteroatoms. The van der Waals surface area contributed by atoms with Crippen LogP contribution in [0.3, 0.4) is 0 Å². The van der Waals surface area contributed by atoms with Gasteiger partial charge < -0.3 is 14.3 Å². The number of hydrogen-bond acceptors (Lipinski definition) is 6. The van der Waals surface area contributed by atoms with Gasteiger partial charge in [0.25, 0.3) is 11.6 Å². The van der Waals surface area contributed by atoms with Gasteiger partial charge in [-0.3, -0.25) is 14.9 Å². The molecule has 1 amide bonds. The molecule has 0 aliphatic carbocycles. The lowest BCUT2D eigenvalue weighted by atomic mass is 9.90. The zero-order valence-corrected chi connectivity index (χ0v) is 18.9. The number of fused-ring (bicyclic) bond motifs is 1. The highest BCUT2D eigenvalue weighted by Gasteiger charge is 2.29. The van der Waals surface area contributed by atoms with Gasteiger partial charge in [0.2, 0.25) is 0 Å². The van der Waals surface area contributed by atoms with E-state index in [4.69, 9.17) is 4.52 Å². The summed E-state index contributed by atoms with van der Waals surface area (Å²) in [7, 11) is 0. The Balaban J connectivity index is 1.10. The van der Waals surface area contributed by atoms with E-state index < -0.39 is 4.92 Å². The number of amides is 1. The molecule has 0 bridgehead atoms. The van der Waals surface area contributed by atoms with E-state index in [1.807, 2.05) is 4.90 Å². The van der Waals surface area contributed by atoms with Crippen LogP contribution in [0.15, 0.2) is 47.0 Å². The highest BCUT2D eigenvalue weighted by atomic mass is 19.1. The Morgan fingerprint density at radius 3 is 2.44 bits per heavy atom. The molecule has 0 spiro atoms. The van der Waals surface area contributed by atoms with E-state index in [1.165, 1.54) is 36.4 Å². The minimum absolute atomic E-state index is 0.00957. The minimum Gasteiger partial charge on any atom is -0.356 e. The molecular formula is C25H27FN4O4. The van der Waals surface area contributed by atoms with E-state index in [2.05, 4.69) is 10.1 Å². The van der Waals surface area contributed by atoms with Crippen molar-refractivity contribution in [1.29, 1.82) is 0 Å². The highest BCUT2D eigenvalue weighted by Crippen LogP contribution is 2.33. The molecular weight excluding hydrogens is 439 g/mol. The predicted octanol–water partition coefficient (Wildman–Crippen LogP) is 4.61. The molecule has 2 fully saturated rings. The molecule has 0 radical (unpaired) electrons. The van der Waals surface area contributed by atoms with Gasteiger partial charge in [0.15, 0.2) is 5.58 Å². The number of halogens is 1. The van der Waals surface area contributed by atoms with E-state index in [-0.39, 0.29) is 17.4 Å². The third-order valence-corrected chi connectivity index (χ3v) is 7.18. The van der Waals surface area contributed by atoms with E-state index in [9.17, 15) is 19.3 Å². The van der Waals surface area contributed by atoms with Crippen molar-refractivity contribution >= 4 is 22.6 Å². The summed E-state index contributed by atoms with van der Waals surface area (Å²) in [6.45, 7) is 4.41. The minimum atomic E-state index is -0.461. The van der Waals surface area contributed by atoms with Crippen LogP contribution in [0.5, 0.6) is 0 Å². The Bertz CT molecular complexity index is 1180. The van der Waals surface area contributed by atoms with Gasteiger partial charge in [0.05, 0.1) is 10.6 Å². The number of carbonyl (C=O) groups excluding carboxylic acids is 1. The zero-order chi connectivity index (χ0) is 23.7. The first-order valence-electron chi connectivity index (χ1n) is 11.8. The van der Waals surface area contributed by atoms with Gasteiger partial charge in [-0.05, 0) is 69.0 Å². The highest BCUT2D eigenvalue weighted by molar-refractivity contribution is 5.94. The Kier molecular flexibility index (Phi) is 6.28. The second-order valence-corrected chi connectivity index (χ2v) is 9.32. The fourth-order valence-corrected chi connectivity index (χ4v) is 5.21. The molecule has 2 saturated heterocycles. The largest absolute Gasteiger partial charge is 0.356 e. The first-order chi connectivity index (χ1) is 16.5. The topological polar surface area (TPSA) is 92.7 Å². The Labute approximate surface area is 196 Å². The summed E-state index contributed by atoms with van der Waals surface area (Å²) in [5.74, 6) is 0.497. The fourth-order valence-electron chi connectivity index (χ4n) is 5.21. The maximum Gasteiger partial charge on any atom is 0.269 e. The van der Waals surface area contributed by atoms with Crippen molar-refractivity contribution in [3.05, 3.63) is 69.7 Å². The van der Waals surface area contributed by atoms with Crippen LogP contribution in [-0.4, -0.2) is 58.5 Å². The molecule has 2 aliphatic rings. The van der Waals surface area contributed by atoms with Crippen LogP contribution in [-0.2, 0) is 0 Å². The molecule has 0 N–H and O–H groups in total. The van der Waals surface area contributed by atoms with Gasteiger partial charge in [-0.1, -0.05) is 5.16 Å². The van der Waals surface area contributed by atoms with Gasteiger partial charge in [0.1, 0.15) is 5.82 Å². The lowest BCUT2D eigenvalue weighted by Gasteiger charge is -2.37. The van der Waals surface area contributed by atoms with Crippen LogP contribution in [0.2, 0.25) is 0 Å². The van der Waals surface area contributed by atoms with E-state index >= 15 is 0 Å². The smallest absolute Gasteiger partial charge is 0.269 e. The fraction of sp³-hybridized carbons (Fsp3) is 0.440. The van der Waals surface area contributed by atoms with Crippen LogP contribution in [0, 0.1) is 21.8 Å². The van der Waals surface area contributed by atoms with Crippen molar-refractivity contribution in [3.8, 4) is 0 Å². The Morgan fingerprint density at radius 2 is 1.76 bits per heavy atom. The second kappa shape index (κ2) is 9.50. The normalized spacial score (nSPS) is 18.4. The van der Waals surface area contributed by atoms with Crippen molar-refractivity contribution in [2.75, 3.05) is 32.7 Å². The van der Waals surface area contributed by atoms with Gasteiger partial charge in [-0.2, -0.15) is 0 Å². The Hall–Kier alpha value is -3.33. The van der Waals surface area contributed by atoms with Crippen molar-refractivity contribution in [2.24, 2.45) is 5.92 Å². The number of hydrogen-bond donors (Lipinski definition) is 0. The summed E-state index contributed by atoms with van der Waals surface area (Å²) >= 11 is 0. The van der Waals surface area contributed by atoms with Crippen molar-refractivity contribution in [1.82, 2.24) is 15.0 Å². The summed E-state index contributed by atoms with van der Waals surface area (Å²) in [6.07, 6.45) is 3.91. The average Bonchev–Trinajstić information content (AvgIpc) is 3.27. The summed E-state index contributed by atoms with van der Waals surface area (Å²) in [5.41, 5.74) is 1.93. The van der Waals surface area contributed by atoms with Gasteiger partial charge in [-0.25, -0.2) is 4.39 Å². The Morgan fingerprint density at radius 1 is 1.06 bits per heavy atom. The molecule has 0 atom stereocenters. The average molecular weight is 467 g/mol. The van der Waals surface area contributed by atoms with E-state index in [0.29, 0.717) is 36.1 Å². The predicted molar refractivity (Wildman–Crippen MR) is 124 cm³/mol. The van der Waals surface area contributed by atoms with Crippen LogP contribution in [0.25, 0.3) is 11.0 Å². The van der Waals surface area contributed by atoms with E-state index in [1.54, 1.807) is 6.07 Å². The summed E-state index contributed by atoms with van der Waals surface area (Å²) in [6, 6.07) is 10.4. The molecule has 0 saturated carbocycles. The lowest BCUT2D eigenvalue weighted by Crippen LogP contribution is -2.43. The monoisotopic (exact) mass is 466 g/mol. The second-order valence-electron chi connectivity index (χ2n) is 9.32. The molecule has 8 nitrogen and oxygen atoms in total. The lowest BCUT2D eigenvalue weighted by molar-refractivity contribution is -0.384. The molecule has 34 heavy (non-hydrogen) atoms. The molecule has 3 heterocycles. The summed E-state index contributed by atoms with van der Waals surface area (Å²) in [4.78, 5) is 27.4. The van der Waals surface area contributed by atoms with Gasteiger partial charge in [-0.15, -0.1) is 0 Å². The van der Waals surface area contributed by atoms with Gasteiger partial charge in [0, 0.05) is 54.7 Å². The number of likely N-dealkylation sites (tertiary alicyclic amines) is 2. The van der Waals surface area contributed by atoms with Crippen LogP contribution >= 0.6 is 0 Å². The SMILES string of the molecule is O=C(c1ccc([N+](=O)[O-])cc1)N1CCC(CN2CCC(c3noc4cc(F)ccc34)CC2)CC1. The number of nitro benzene ring substituents is 1. The van der Waals surface area contributed by atoms with Crippen LogP contribution < -0.4 is 0 Å². The van der Waals surface area contributed by atoms with E-state index in [0.717, 1.165) is 56.4 Å². The van der Waals surface area contributed by atoms with Gasteiger partial charge >= 0.3 is 0 Å². The number of rotatable bonds is 5. The maximum absolute atomic E-state index is 13.4. The number of piperidine rings is 2. The number of non-ortho nitro benzene ring substituents is 1. The molecule has 2 aromatic carbocycles. The molecule has 3 aromatic rings. The zero-order valence-electron chi connectivity index (χ0n) is 18.9. The number of nitrogens with zero attached hydrogens (tertiary/aromatic N) is 4. The first-order valence-corrected chi connectivity index (χ1v) is 11.8. The maximum atomic E-state index is 13.4. The number of aromatic nitrogens is 1. The number of nitro groups is 1. The van der Waals surface area contributed by atoms with Crippen molar-refractivity contribution < 1.29 is 18.6 Å². The molecule has 0 unspecified atom stereocenters. The molecule has 1 aromatic heterocycles. The van der Waals surface area contributed by atoms with Crippen LogP contribution in [0.4, 0.5) is 10.1 Å². The van der Waals surface area contributed by atoms with Crippen LogP contribution in [0.1, 0.15) is 47.7 Å². The molecule has 2 aliphatic heterocycles. The number of benzene rings is 2. The summed E-state index contributed by atoms with van der Waals surface area (Å²) in [5, 5.41) is 16.0. The molecule has 5 rings (SSSR count). The first kappa shape index (κ1) is 22.5. The third kappa shape index (κ3) is 4.65. The number of carbonyl (C=O) groups is 1. The van der Waals surface area contributed by atoms with Crippen molar-refractivity contribution in [3.63, 3.8) is 0 Å². The van der Waals surface area contributed by atoms with Crippen molar-refractivity contribution in [2.45, 2.75) is 31.6 Å². The summed E-state index contributed by atoms with van der Waals surface area (Å²) < 4.78 is 18.8. The molecule has 178 valence electrons.